The Bertz CT molecular complexity index is 527. The second-order valence-electron chi connectivity index (χ2n) is 8.09. The Morgan fingerprint density at radius 3 is 2.91 bits per heavy atom. The lowest BCUT2D eigenvalue weighted by molar-refractivity contribution is -0.191. The lowest BCUT2D eigenvalue weighted by Gasteiger charge is -2.36. The van der Waals surface area contributed by atoms with Crippen molar-refractivity contribution in [1.82, 2.24) is 0 Å². The molecule has 3 saturated carbocycles. The minimum atomic E-state index is -0.480. The molecule has 4 fully saturated rings. The number of hydrogen-bond donors (Lipinski definition) is 0. The first kappa shape index (κ1) is 14.5. The van der Waals surface area contributed by atoms with E-state index < -0.39 is 5.41 Å². The molecule has 22 heavy (non-hydrogen) atoms. The molecule has 1 heterocycles. The maximum atomic E-state index is 12.0. The number of carbonyl (C=O) groups excluding carboxylic acids is 2. The van der Waals surface area contributed by atoms with E-state index in [0.29, 0.717) is 11.8 Å². The summed E-state index contributed by atoms with van der Waals surface area (Å²) >= 11 is 0. The van der Waals surface area contributed by atoms with E-state index in [-0.39, 0.29) is 42.3 Å². The average Bonchev–Trinajstić information content (AvgIpc) is 3.05. The molecule has 6 unspecified atom stereocenters. The lowest BCUT2D eigenvalue weighted by Crippen LogP contribution is -2.42. The summed E-state index contributed by atoms with van der Waals surface area (Å²) in [6.45, 7) is 5.72. The Hall–Kier alpha value is -1.10. The van der Waals surface area contributed by atoms with Gasteiger partial charge in [0.05, 0.1) is 16.9 Å². The van der Waals surface area contributed by atoms with E-state index in [1.807, 2.05) is 20.8 Å². The highest BCUT2D eigenvalue weighted by Crippen LogP contribution is 2.69. The Balaban J connectivity index is 1.43. The minimum absolute atomic E-state index is 0.00489. The second kappa shape index (κ2) is 4.47. The predicted molar refractivity (Wildman–Crippen MR) is 76.5 cm³/mol. The Kier molecular flexibility index (Phi) is 2.94. The summed E-state index contributed by atoms with van der Waals surface area (Å²) in [7, 11) is 0. The standard InChI is InChI=1S/C17H24O5/c1-4-16(2,3)15(19)20-8-21-17-6-9-5-10-13(17)12(9)11(7-17)22-14(10)18/h9-13H,4-8H2,1-3H3. The van der Waals surface area contributed by atoms with E-state index in [9.17, 15) is 9.59 Å². The number of rotatable bonds is 5. The van der Waals surface area contributed by atoms with Crippen molar-refractivity contribution in [2.45, 2.75) is 58.2 Å². The maximum absolute atomic E-state index is 12.0. The maximum Gasteiger partial charge on any atom is 0.313 e. The van der Waals surface area contributed by atoms with Gasteiger partial charge in [0.2, 0.25) is 0 Å². The monoisotopic (exact) mass is 308 g/mol. The second-order valence-corrected chi connectivity index (χ2v) is 8.09. The molecule has 0 aromatic carbocycles. The number of ether oxygens (including phenoxy) is 3. The first-order valence-corrected chi connectivity index (χ1v) is 8.40. The van der Waals surface area contributed by atoms with Crippen LogP contribution in [0, 0.1) is 29.1 Å². The molecule has 0 aromatic heterocycles. The van der Waals surface area contributed by atoms with Gasteiger partial charge in [0, 0.05) is 18.3 Å². The van der Waals surface area contributed by atoms with Gasteiger partial charge in [-0.25, -0.2) is 0 Å². The van der Waals surface area contributed by atoms with Crippen LogP contribution < -0.4 is 0 Å². The van der Waals surface area contributed by atoms with Crippen LogP contribution in [0.2, 0.25) is 0 Å². The van der Waals surface area contributed by atoms with Crippen molar-refractivity contribution in [2.24, 2.45) is 29.1 Å². The summed E-state index contributed by atoms with van der Waals surface area (Å²) in [5, 5.41) is 0. The normalized spacial score (nSPS) is 44.5. The molecule has 0 aromatic rings. The van der Waals surface area contributed by atoms with Crippen molar-refractivity contribution in [3.8, 4) is 0 Å². The Morgan fingerprint density at radius 2 is 2.18 bits per heavy atom. The van der Waals surface area contributed by atoms with Crippen LogP contribution in [0.5, 0.6) is 0 Å². The van der Waals surface area contributed by atoms with E-state index in [1.54, 1.807) is 0 Å². The summed E-state index contributed by atoms with van der Waals surface area (Å²) in [5.41, 5.74) is -0.780. The number of esters is 2. The molecule has 0 N–H and O–H groups in total. The van der Waals surface area contributed by atoms with Crippen LogP contribution in [0.15, 0.2) is 0 Å². The summed E-state index contributed by atoms with van der Waals surface area (Å²) in [6.07, 6.45) is 3.48. The Labute approximate surface area is 130 Å². The molecular formula is C17H24O5. The van der Waals surface area contributed by atoms with Gasteiger partial charge in [0.25, 0.3) is 0 Å². The first-order valence-electron chi connectivity index (χ1n) is 8.40. The van der Waals surface area contributed by atoms with Crippen LogP contribution in [-0.2, 0) is 23.8 Å². The summed E-state index contributed by atoms with van der Waals surface area (Å²) in [6, 6.07) is 0. The van der Waals surface area contributed by atoms with E-state index in [1.165, 1.54) is 0 Å². The molecule has 3 aliphatic carbocycles. The fourth-order valence-electron chi connectivity index (χ4n) is 5.29. The topological polar surface area (TPSA) is 61.8 Å². The highest BCUT2D eigenvalue weighted by molar-refractivity contribution is 5.76. The summed E-state index contributed by atoms with van der Waals surface area (Å²) in [4.78, 5) is 24.1. The summed E-state index contributed by atoms with van der Waals surface area (Å²) in [5.74, 6) is 1.04. The molecule has 0 spiro atoms. The van der Waals surface area contributed by atoms with Crippen LogP contribution in [0.25, 0.3) is 0 Å². The molecule has 4 rings (SSSR count). The van der Waals surface area contributed by atoms with E-state index in [0.717, 1.165) is 25.7 Å². The van der Waals surface area contributed by atoms with Gasteiger partial charge in [0.15, 0.2) is 6.79 Å². The third kappa shape index (κ3) is 1.75. The van der Waals surface area contributed by atoms with Gasteiger partial charge in [-0.2, -0.15) is 0 Å². The zero-order chi connectivity index (χ0) is 15.7. The molecule has 6 bridgehead atoms. The Morgan fingerprint density at radius 1 is 1.41 bits per heavy atom. The molecule has 1 aliphatic heterocycles. The van der Waals surface area contributed by atoms with Crippen molar-refractivity contribution in [3.63, 3.8) is 0 Å². The van der Waals surface area contributed by atoms with E-state index in [2.05, 4.69) is 0 Å². The van der Waals surface area contributed by atoms with Crippen molar-refractivity contribution < 1.29 is 23.8 Å². The van der Waals surface area contributed by atoms with Crippen molar-refractivity contribution in [3.05, 3.63) is 0 Å². The van der Waals surface area contributed by atoms with Gasteiger partial charge in [-0.05, 0) is 39.0 Å². The first-order chi connectivity index (χ1) is 10.4. The number of carbonyl (C=O) groups is 2. The van der Waals surface area contributed by atoms with Crippen LogP contribution >= 0.6 is 0 Å². The largest absolute Gasteiger partial charge is 0.462 e. The van der Waals surface area contributed by atoms with Gasteiger partial charge in [-0.3, -0.25) is 9.59 Å². The van der Waals surface area contributed by atoms with Crippen LogP contribution in [0.4, 0.5) is 0 Å². The van der Waals surface area contributed by atoms with Gasteiger partial charge in [-0.1, -0.05) is 6.92 Å². The third-order valence-corrected chi connectivity index (χ3v) is 6.68. The molecule has 0 radical (unpaired) electrons. The van der Waals surface area contributed by atoms with E-state index in [4.69, 9.17) is 14.2 Å². The highest BCUT2D eigenvalue weighted by Gasteiger charge is 2.74. The van der Waals surface area contributed by atoms with Crippen LogP contribution in [-0.4, -0.2) is 30.4 Å². The third-order valence-electron chi connectivity index (χ3n) is 6.68. The fourth-order valence-corrected chi connectivity index (χ4v) is 5.29. The van der Waals surface area contributed by atoms with Crippen molar-refractivity contribution >= 4 is 11.9 Å². The SMILES string of the molecule is CCC(C)(C)C(=O)OCOC12CC3CC4C(=O)OC(C1)C3C42. The van der Waals surface area contributed by atoms with Gasteiger partial charge in [0.1, 0.15) is 6.10 Å². The smallest absolute Gasteiger partial charge is 0.313 e. The molecule has 1 saturated heterocycles. The van der Waals surface area contributed by atoms with Crippen LogP contribution in [0.3, 0.4) is 0 Å². The van der Waals surface area contributed by atoms with Gasteiger partial charge < -0.3 is 14.2 Å². The minimum Gasteiger partial charge on any atom is -0.462 e. The molecule has 122 valence electrons. The molecule has 4 aliphatic rings. The van der Waals surface area contributed by atoms with Crippen LogP contribution in [0.1, 0.15) is 46.5 Å². The van der Waals surface area contributed by atoms with Gasteiger partial charge in [-0.15, -0.1) is 0 Å². The van der Waals surface area contributed by atoms with Gasteiger partial charge >= 0.3 is 11.9 Å². The fraction of sp³-hybridized carbons (Fsp3) is 0.882. The molecule has 5 heteroatoms. The van der Waals surface area contributed by atoms with E-state index >= 15 is 0 Å². The molecular weight excluding hydrogens is 284 g/mol. The quantitative estimate of drug-likeness (QED) is 0.576. The molecule has 5 nitrogen and oxygen atoms in total. The highest BCUT2D eigenvalue weighted by atomic mass is 16.7. The molecule has 0 amide bonds. The zero-order valence-electron chi connectivity index (χ0n) is 13.5. The average molecular weight is 308 g/mol. The molecule has 6 atom stereocenters. The number of hydrogen-bond acceptors (Lipinski definition) is 5. The van der Waals surface area contributed by atoms with Crippen molar-refractivity contribution in [2.75, 3.05) is 6.79 Å². The lowest BCUT2D eigenvalue weighted by atomic mass is 9.77. The van der Waals surface area contributed by atoms with Crippen molar-refractivity contribution in [1.29, 1.82) is 0 Å². The zero-order valence-corrected chi connectivity index (χ0v) is 13.5. The predicted octanol–water partition coefficient (Wildman–Crippen LogP) is 2.28. The summed E-state index contributed by atoms with van der Waals surface area (Å²) < 4.78 is 17.0.